The number of carbonyl (C=O) groups is 1. The zero-order valence-electron chi connectivity index (χ0n) is 19.5. The van der Waals surface area contributed by atoms with E-state index in [1.165, 1.54) is 10.6 Å². The number of hydrogen-bond donors (Lipinski definition) is 1. The van der Waals surface area contributed by atoms with Crippen molar-refractivity contribution >= 4 is 27.3 Å². The highest BCUT2D eigenvalue weighted by Crippen LogP contribution is 2.25. The van der Waals surface area contributed by atoms with Gasteiger partial charge in [0.25, 0.3) is 5.91 Å². The fraction of sp³-hybridized carbons (Fsp3) is 0.107. The van der Waals surface area contributed by atoms with Gasteiger partial charge in [-0.2, -0.15) is 0 Å². The summed E-state index contributed by atoms with van der Waals surface area (Å²) in [4.78, 5) is 12.7. The maximum Gasteiger partial charge on any atom is 0.255 e. The Balaban J connectivity index is 1.44. The van der Waals surface area contributed by atoms with Gasteiger partial charge in [-0.15, -0.1) is 0 Å². The molecule has 0 unspecified atom stereocenters. The predicted octanol–water partition coefficient (Wildman–Crippen LogP) is 6.01. The summed E-state index contributed by atoms with van der Waals surface area (Å²) in [7, 11) is -3.52. The molecular weight excluding hydrogens is 460 g/mol. The number of nitrogens with one attached hydrogen (secondary N) is 1. The van der Waals surface area contributed by atoms with Gasteiger partial charge >= 0.3 is 0 Å². The van der Waals surface area contributed by atoms with Gasteiger partial charge in [0, 0.05) is 11.3 Å². The van der Waals surface area contributed by atoms with Crippen molar-refractivity contribution < 1.29 is 17.9 Å². The minimum atomic E-state index is -3.52. The number of anilines is 2. The molecule has 6 nitrogen and oxygen atoms in total. The molecule has 178 valence electrons. The fourth-order valence-electron chi connectivity index (χ4n) is 3.56. The summed E-state index contributed by atoms with van der Waals surface area (Å²) in [6.45, 7) is 2.16. The van der Waals surface area contributed by atoms with Crippen LogP contribution in [0.25, 0.3) is 0 Å². The minimum absolute atomic E-state index is 0.217. The summed E-state index contributed by atoms with van der Waals surface area (Å²) in [6.07, 6.45) is 1.18. The maximum absolute atomic E-state index is 12.7. The molecule has 0 aliphatic heterocycles. The van der Waals surface area contributed by atoms with Crippen LogP contribution < -0.4 is 14.4 Å². The van der Waals surface area contributed by atoms with Crippen LogP contribution in [-0.2, 0) is 16.6 Å². The number of carbonyl (C=O) groups excluding carboxylic acids is 1. The first-order valence-electron chi connectivity index (χ1n) is 11.1. The summed E-state index contributed by atoms with van der Waals surface area (Å²) >= 11 is 0. The van der Waals surface area contributed by atoms with Gasteiger partial charge in [-0.05, 0) is 78.7 Å². The Kier molecular flexibility index (Phi) is 7.17. The highest BCUT2D eigenvalue weighted by molar-refractivity contribution is 7.92. The van der Waals surface area contributed by atoms with Crippen LogP contribution in [0.2, 0.25) is 0 Å². The molecule has 0 fully saturated rings. The van der Waals surface area contributed by atoms with E-state index in [4.69, 9.17) is 4.74 Å². The van der Waals surface area contributed by atoms with Gasteiger partial charge < -0.3 is 10.1 Å². The molecule has 7 heteroatoms. The van der Waals surface area contributed by atoms with E-state index in [0.717, 1.165) is 16.9 Å². The highest BCUT2D eigenvalue weighted by atomic mass is 32.2. The van der Waals surface area contributed by atoms with Crippen molar-refractivity contribution in [1.82, 2.24) is 0 Å². The average Bonchev–Trinajstić information content (AvgIpc) is 2.85. The smallest absolute Gasteiger partial charge is 0.255 e. The molecule has 1 N–H and O–H groups in total. The van der Waals surface area contributed by atoms with Crippen LogP contribution in [0.1, 0.15) is 21.5 Å². The Hall–Kier alpha value is -4.10. The van der Waals surface area contributed by atoms with Crippen LogP contribution in [0.15, 0.2) is 103 Å². The molecule has 0 aromatic heterocycles. The highest BCUT2D eigenvalue weighted by Gasteiger charge is 2.19. The molecule has 0 saturated carbocycles. The largest absolute Gasteiger partial charge is 0.457 e. The fourth-order valence-corrected chi connectivity index (χ4v) is 4.43. The van der Waals surface area contributed by atoms with Crippen LogP contribution >= 0.6 is 0 Å². The number of rotatable bonds is 8. The van der Waals surface area contributed by atoms with Crippen LogP contribution in [-0.4, -0.2) is 20.6 Å². The lowest BCUT2D eigenvalue weighted by molar-refractivity contribution is 0.102. The first kappa shape index (κ1) is 24.0. The second-order valence-corrected chi connectivity index (χ2v) is 10.0. The van der Waals surface area contributed by atoms with E-state index < -0.39 is 10.0 Å². The number of amides is 1. The number of ether oxygens (including phenoxy) is 1. The quantitative estimate of drug-likeness (QED) is 0.331. The van der Waals surface area contributed by atoms with E-state index in [2.05, 4.69) is 5.32 Å². The molecule has 35 heavy (non-hydrogen) atoms. The van der Waals surface area contributed by atoms with Gasteiger partial charge in [0.2, 0.25) is 10.0 Å². The molecule has 0 heterocycles. The van der Waals surface area contributed by atoms with Crippen molar-refractivity contribution in [2.75, 3.05) is 15.9 Å². The minimum Gasteiger partial charge on any atom is -0.457 e. The molecule has 4 aromatic rings. The van der Waals surface area contributed by atoms with E-state index in [0.29, 0.717) is 22.7 Å². The Morgan fingerprint density at radius 2 is 1.40 bits per heavy atom. The standard InChI is InChI=1S/C28H26N2O4S/c1-21-8-6-7-9-23(21)20-30(35(2,32)33)25-16-12-22(13-17-25)28(31)29-24-14-18-27(19-15-24)34-26-10-4-3-5-11-26/h3-19H,20H2,1-2H3,(H,29,31). The van der Waals surface area contributed by atoms with E-state index in [1.54, 1.807) is 48.5 Å². The normalized spacial score (nSPS) is 11.0. The third-order valence-electron chi connectivity index (χ3n) is 5.48. The van der Waals surface area contributed by atoms with Gasteiger partial charge in [-0.3, -0.25) is 9.10 Å². The van der Waals surface area contributed by atoms with Crippen molar-refractivity contribution in [2.45, 2.75) is 13.5 Å². The molecule has 4 rings (SSSR count). The van der Waals surface area contributed by atoms with Gasteiger partial charge in [-0.1, -0.05) is 42.5 Å². The summed E-state index contributed by atoms with van der Waals surface area (Å²) < 4.78 is 32.1. The van der Waals surface area contributed by atoms with Gasteiger partial charge in [0.05, 0.1) is 18.5 Å². The lowest BCUT2D eigenvalue weighted by Crippen LogP contribution is -2.29. The van der Waals surface area contributed by atoms with E-state index in [1.807, 2.05) is 61.5 Å². The lowest BCUT2D eigenvalue weighted by Gasteiger charge is -2.23. The van der Waals surface area contributed by atoms with Crippen LogP contribution in [0, 0.1) is 6.92 Å². The molecule has 1 amide bonds. The first-order valence-corrected chi connectivity index (χ1v) is 12.9. The van der Waals surface area contributed by atoms with Gasteiger partial charge in [0.15, 0.2) is 0 Å². The van der Waals surface area contributed by atoms with Crippen molar-refractivity contribution in [3.05, 3.63) is 120 Å². The summed E-state index contributed by atoms with van der Waals surface area (Å²) in [5, 5.41) is 2.85. The predicted molar refractivity (Wildman–Crippen MR) is 140 cm³/mol. The Morgan fingerprint density at radius 1 is 0.800 bits per heavy atom. The molecule has 0 bridgehead atoms. The average molecular weight is 487 g/mol. The number of sulfonamides is 1. The second-order valence-electron chi connectivity index (χ2n) is 8.14. The number of para-hydroxylation sites is 1. The Bertz CT molecular complexity index is 1400. The second kappa shape index (κ2) is 10.4. The molecule has 0 aliphatic rings. The number of aryl methyl sites for hydroxylation is 1. The Labute approximate surface area is 205 Å². The molecule has 0 saturated heterocycles. The monoisotopic (exact) mass is 486 g/mol. The zero-order valence-corrected chi connectivity index (χ0v) is 20.3. The molecule has 0 atom stereocenters. The van der Waals surface area contributed by atoms with Crippen molar-refractivity contribution in [2.24, 2.45) is 0 Å². The van der Waals surface area contributed by atoms with E-state index >= 15 is 0 Å². The SMILES string of the molecule is Cc1ccccc1CN(c1ccc(C(=O)Nc2ccc(Oc3ccccc3)cc2)cc1)S(C)(=O)=O. The molecule has 4 aromatic carbocycles. The summed E-state index contributed by atoms with van der Waals surface area (Å²) in [5.74, 6) is 1.10. The van der Waals surface area contributed by atoms with Crippen molar-refractivity contribution in [3.8, 4) is 11.5 Å². The summed E-state index contributed by atoms with van der Waals surface area (Å²) in [5.41, 5.74) is 3.46. The van der Waals surface area contributed by atoms with Gasteiger partial charge in [0.1, 0.15) is 11.5 Å². The molecule has 0 spiro atoms. The van der Waals surface area contributed by atoms with Crippen LogP contribution in [0.5, 0.6) is 11.5 Å². The van der Waals surface area contributed by atoms with Gasteiger partial charge in [-0.25, -0.2) is 8.42 Å². The third kappa shape index (κ3) is 6.28. The topological polar surface area (TPSA) is 75.7 Å². The molecule has 0 aliphatic carbocycles. The number of nitrogens with zero attached hydrogens (tertiary/aromatic N) is 1. The molecule has 0 radical (unpaired) electrons. The first-order chi connectivity index (χ1) is 16.8. The third-order valence-corrected chi connectivity index (χ3v) is 6.62. The molecular formula is C28H26N2O4S. The maximum atomic E-state index is 12.7. The zero-order chi connectivity index (χ0) is 24.8. The summed E-state index contributed by atoms with van der Waals surface area (Å²) in [6, 6.07) is 30.7. The van der Waals surface area contributed by atoms with Crippen molar-refractivity contribution in [3.63, 3.8) is 0 Å². The Morgan fingerprint density at radius 3 is 2.03 bits per heavy atom. The van der Waals surface area contributed by atoms with Crippen molar-refractivity contribution in [1.29, 1.82) is 0 Å². The van der Waals surface area contributed by atoms with E-state index in [-0.39, 0.29) is 12.5 Å². The lowest BCUT2D eigenvalue weighted by atomic mass is 10.1. The number of benzene rings is 4. The van der Waals surface area contributed by atoms with E-state index in [9.17, 15) is 13.2 Å². The van der Waals surface area contributed by atoms with Crippen LogP contribution in [0.3, 0.4) is 0 Å². The number of hydrogen-bond acceptors (Lipinski definition) is 4. The van der Waals surface area contributed by atoms with Crippen LogP contribution in [0.4, 0.5) is 11.4 Å².